The van der Waals surface area contributed by atoms with Gasteiger partial charge in [0.15, 0.2) is 0 Å². The third-order valence-corrected chi connectivity index (χ3v) is 3.34. The summed E-state index contributed by atoms with van der Waals surface area (Å²) in [5.41, 5.74) is 0.169. The summed E-state index contributed by atoms with van der Waals surface area (Å²) >= 11 is 27.1. The summed E-state index contributed by atoms with van der Waals surface area (Å²) in [4.78, 5) is 36.2. The van der Waals surface area contributed by atoms with E-state index >= 15 is 0 Å². The molecule has 2 rings (SSSR count). The van der Waals surface area contributed by atoms with Gasteiger partial charge >= 0.3 is 5.97 Å². The maximum Gasteiger partial charge on any atom is 0.343 e. The molecule has 2 aromatic heterocycles. The van der Waals surface area contributed by atoms with Crippen molar-refractivity contribution in [1.82, 2.24) is 19.9 Å². The molecule has 0 N–H and O–H groups in total. The maximum atomic E-state index is 11.4. The van der Waals surface area contributed by atoms with Crippen LogP contribution in [0.4, 0.5) is 0 Å². The van der Waals surface area contributed by atoms with Gasteiger partial charge in [-0.15, -0.1) is 0 Å². The van der Waals surface area contributed by atoms with Crippen LogP contribution >= 0.6 is 58.0 Å². The number of hydrogen-bond acceptors (Lipinski definition) is 7. The topological polar surface area (TPSA) is 94.9 Å². The second kappa shape index (κ2) is 11.5. The van der Waals surface area contributed by atoms with Gasteiger partial charge in [0.05, 0.1) is 11.7 Å². The molecule has 0 spiro atoms. The highest BCUT2D eigenvalue weighted by molar-refractivity contribution is 6.68. The van der Waals surface area contributed by atoms with Crippen molar-refractivity contribution in [3.8, 4) is 0 Å². The van der Waals surface area contributed by atoms with E-state index in [1.807, 2.05) is 0 Å². The summed E-state index contributed by atoms with van der Waals surface area (Å²) in [6.45, 7) is 3.48. The third-order valence-electron chi connectivity index (χ3n) is 2.20. The average Bonchev–Trinajstić information content (AvgIpc) is 2.46. The van der Waals surface area contributed by atoms with E-state index in [2.05, 4.69) is 19.9 Å². The van der Waals surface area contributed by atoms with Crippen LogP contribution in [0, 0.1) is 0 Å². The fourth-order valence-corrected chi connectivity index (χ4v) is 2.19. The zero-order valence-electron chi connectivity index (χ0n) is 12.6. The first-order valence-corrected chi connectivity index (χ1v) is 8.27. The molecule has 0 aromatic carbocycles. The molecule has 2 heterocycles. The Balaban J connectivity index is 0.000000475. The zero-order valence-corrected chi connectivity index (χ0v) is 16.4. The van der Waals surface area contributed by atoms with Crippen LogP contribution in [0.2, 0.25) is 20.9 Å². The smallest absolute Gasteiger partial charge is 0.343 e. The summed E-state index contributed by atoms with van der Waals surface area (Å²) in [6.07, 6.45) is 2.20. The van der Waals surface area contributed by atoms with Crippen molar-refractivity contribution in [3.63, 3.8) is 0 Å². The van der Waals surface area contributed by atoms with Crippen LogP contribution in [0.5, 0.6) is 0 Å². The zero-order chi connectivity index (χ0) is 19.1. The van der Waals surface area contributed by atoms with Crippen molar-refractivity contribution in [1.29, 1.82) is 0 Å². The van der Waals surface area contributed by atoms with Crippen LogP contribution in [-0.2, 0) is 4.74 Å². The SMILES string of the molecule is C.CC(C)OC(=O)c1cnc(Cl)nc1Cl.O=C(Cl)c1cnc(Cl)nc1Cl. The van der Waals surface area contributed by atoms with E-state index < -0.39 is 11.2 Å². The van der Waals surface area contributed by atoms with Crippen molar-refractivity contribution in [3.05, 3.63) is 44.4 Å². The van der Waals surface area contributed by atoms with Gasteiger partial charge in [0.25, 0.3) is 5.24 Å². The van der Waals surface area contributed by atoms with Crippen molar-refractivity contribution >= 4 is 69.2 Å². The van der Waals surface area contributed by atoms with E-state index in [9.17, 15) is 9.59 Å². The number of esters is 1. The van der Waals surface area contributed by atoms with Crippen LogP contribution in [0.25, 0.3) is 0 Å². The van der Waals surface area contributed by atoms with Gasteiger partial charge in [-0.05, 0) is 48.7 Å². The van der Waals surface area contributed by atoms with E-state index in [0.29, 0.717) is 0 Å². The highest BCUT2D eigenvalue weighted by Gasteiger charge is 2.15. The molecule has 0 saturated heterocycles. The Labute approximate surface area is 175 Å². The molecule has 0 amide bonds. The first kappa shape index (κ1) is 24.8. The van der Waals surface area contributed by atoms with Gasteiger partial charge in [-0.2, -0.15) is 0 Å². The Morgan fingerprint density at radius 2 is 1.35 bits per heavy atom. The molecule has 0 unspecified atom stereocenters. The Kier molecular flexibility index (Phi) is 10.9. The van der Waals surface area contributed by atoms with E-state index in [1.54, 1.807) is 13.8 Å². The summed E-state index contributed by atoms with van der Waals surface area (Å²) in [5.74, 6) is -0.554. The molecule has 0 aliphatic carbocycles. The molecule has 2 aromatic rings. The molecule has 0 radical (unpaired) electrons. The van der Waals surface area contributed by atoms with Gasteiger partial charge < -0.3 is 4.74 Å². The van der Waals surface area contributed by atoms with Gasteiger partial charge in [-0.25, -0.2) is 24.7 Å². The second-order valence-electron chi connectivity index (χ2n) is 4.41. The number of carbonyl (C=O) groups excluding carboxylic acids is 2. The minimum atomic E-state index is -0.702. The lowest BCUT2D eigenvalue weighted by atomic mass is 10.3. The number of hydrogen-bond donors (Lipinski definition) is 0. The first-order valence-electron chi connectivity index (χ1n) is 6.38. The summed E-state index contributed by atoms with van der Waals surface area (Å²) in [5, 5.41) is -0.764. The molecule has 0 aliphatic heterocycles. The summed E-state index contributed by atoms with van der Waals surface area (Å²) < 4.78 is 4.91. The van der Waals surface area contributed by atoms with Crippen molar-refractivity contribution in [2.24, 2.45) is 0 Å². The second-order valence-corrected chi connectivity index (χ2v) is 6.15. The minimum Gasteiger partial charge on any atom is -0.459 e. The standard InChI is InChI=1S/C8H8Cl2N2O2.C5HCl3N2O.CH4/c1-4(2)14-7(13)5-3-11-8(10)12-6(5)9;6-3-2(4(7)11)1-9-5(8)10-3;/h3-4H,1-2H3;1H;1H4. The highest BCUT2D eigenvalue weighted by Crippen LogP contribution is 2.16. The average molecular weight is 463 g/mol. The van der Waals surface area contributed by atoms with E-state index in [1.165, 1.54) is 12.4 Å². The van der Waals surface area contributed by atoms with Crippen LogP contribution in [0.1, 0.15) is 42.0 Å². The monoisotopic (exact) mass is 460 g/mol. The van der Waals surface area contributed by atoms with Crippen molar-refractivity contribution in [2.75, 3.05) is 0 Å². The number of aromatic nitrogens is 4. The van der Waals surface area contributed by atoms with Gasteiger partial charge in [0.2, 0.25) is 10.6 Å². The Morgan fingerprint density at radius 3 is 1.69 bits per heavy atom. The van der Waals surface area contributed by atoms with Crippen molar-refractivity contribution < 1.29 is 14.3 Å². The van der Waals surface area contributed by atoms with Gasteiger partial charge in [0.1, 0.15) is 15.9 Å². The number of carbonyl (C=O) groups is 2. The maximum absolute atomic E-state index is 11.4. The summed E-state index contributed by atoms with van der Waals surface area (Å²) in [6, 6.07) is 0. The van der Waals surface area contributed by atoms with Gasteiger partial charge in [0, 0.05) is 12.4 Å². The van der Waals surface area contributed by atoms with Gasteiger partial charge in [-0.1, -0.05) is 30.6 Å². The Bertz CT molecular complexity index is 789. The predicted molar refractivity (Wildman–Crippen MR) is 102 cm³/mol. The number of nitrogens with zero attached hydrogens (tertiary/aromatic N) is 4. The predicted octanol–water partition coefficient (Wildman–Crippen LogP) is 5.15. The lowest BCUT2D eigenvalue weighted by Crippen LogP contribution is -2.12. The normalized spacial score (nSPS) is 9.69. The van der Waals surface area contributed by atoms with Crippen LogP contribution < -0.4 is 0 Å². The molecule has 142 valence electrons. The minimum absolute atomic E-state index is 0. The molecular weight excluding hydrogens is 449 g/mol. The van der Waals surface area contributed by atoms with E-state index in [4.69, 9.17) is 62.7 Å². The summed E-state index contributed by atoms with van der Waals surface area (Å²) in [7, 11) is 0. The molecule has 12 heteroatoms. The van der Waals surface area contributed by atoms with Crippen LogP contribution in [0.15, 0.2) is 12.4 Å². The molecule has 26 heavy (non-hydrogen) atoms. The first-order chi connectivity index (χ1) is 11.6. The molecule has 0 saturated carbocycles. The van der Waals surface area contributed by atoms with E-state index in [-0.39, 0.29) is 45.5 Å². The molecular formula is C14H13Cl5N4O3. The molecule has 0 fully saturated rings. The number of ether oxygens (including phenoxy) is 1. The van der Waals surface area contributed by atoms with Crippen molar-refractivity contribution in [2.45, 2.75) is 27.4 Å². The lowest BCUT2D eigenvalue weighted by Gasteiger charge is -2.07. The Morgan fingerprint density at radius 1 is 0.923 bits per heavy atom. The molecule has 0 atom stereocenters. The third kappa shape index (κ3) is 7.97. The fraction of sp³-hybridized carbons (Fsp3) is 0.286. The van der Waals surface area contributed by atoms with Crippen LogP contribution in [-0.4, -0.2) is 37.3 Å². The Hall–Kier alpha value is -1.25. The molecule has 0 bridgehead atoms. The quantitative estimate of drug-likeness (QED) is 0.269. The number of halogens is 5. The molecule has 0 aliphatic rings. The van der Waals surface area contributed by atoms with E-state index in [0.717, 1.165) is 0 Å². The van der Waals surface area contributed by atoms with Gasteiger partial charge in [-0.3, -0.25) is 4.79 Å². The molecule has 7 nitrogen and oxygen atoms in total. The largest absolute Gasteiger partial charge is 0.459 e. The highest BCUT2D eigenvalue weighted by atomic mass is 35.5. The number of rotatable bonds is 3. The van der Waals surface area contributed by atoms with Crippen LogP contribution in [0.3, 0.4) is 0 Å². The fourth-order valence-electron chi connectivity index (χ4n) is 1.23. The lowest BCUT2D eigenvalue weighted by molar-refractivity contribution is 0.0377.